The molecule has 0 fully saturated rings. The lowest BCUT2D eigenvalue weighted by Gasteiger charge is -2.53. The Morgan fingerprint density at radius 1 is 0.257 bits per heavy atom. The first-order chi connectivity index (χ1) is 34.7. The summed E-state index contributed by atoms with van der Waals surface area (Å²) in [6.45, 7) is 0. The molecule has 10 aromatic carbocycles. The molecule has 2 aliphatic heterocycles. The maximum Gasteiger partial charge on any atom is 0.0850 e. The molecule has 2 nitrogen and oxygen atoms in total. The van der Waals surface area contributed by atoms with Crippen LogP contribution in [-0.2, 0) is 10.8 Å². The molecule has 328 valence electrons. The lowest BCUT2D eigenvalue weighted by molar-refractivity contribution is 0.634. The van der Waals surface area contributed by atoms with Gasteiger partial charge in [-0.3, -0.25) is 0 Å². The van der Waals surface area contributed by atoms with Crippen LogP contribution in [0.4, 0.5) is 34.1 Å². The largest absolute Gasteiger partial charge is 0.310 e. The fraction of sp³-hybridized carbons (Fsp3) is 0.0303. The third kappa shape index (κ3) is 5.38. The van der Waals surface area contributed by atoms with E-state index in [-0.39, 0.29) is 0 Å². The van der Waals surface area contributed by atoms with E-state index < -0.39 is 10.8 Å². The monoisotopic (exact) mass is 926 g/mol. The van der Waals surface area contributed by atoms with Crippen LogP contribution in [0.2, 0.25) is 0 Å². The predicted octanol–water partition coefficient (Wildman–Crippen LogP) is 18.1. The van der Waals surface area contributed by atoms with Gasteiger partial charge in [-0.1, -0.05) is 182 Å². The Hall–Kier alpha value is -8.28. The summed E-state index contributed by atoms with van der Waals surface area (Å²) in [5.41, 5.74) is 16.0. The minimum atomic E-state index is -0.694. The average Bonchev–Trinajstić information content (AvgIpc) is 4.10. The van der Waals surface area contributed by atoms with Crippen molar-refractivity contribution in [1.82, 2.24) is 0 Å². The highest BCUT2D eigenvalue weighted by molar-refractivity contribution is 7.17. The second-order valence-corrected chi connectivity index (χ2v) is 20.8. The molecule has 0 bridgehead atoms. The highest BCUT2D eigenvalue weighted by Crippen LogP contribution is 2.71. The third-order valence-corrected chi connectivity index (χ3v) is 17.9. The molecule has 0 N–H and O–H groups in total. The summed E-state index contributed by atoms with van der Waals surface area (Å²) in [5, 5.41) is 4.98. The van der Waals surface area contributed by atoms with Gasteiger partial charge in [0.05, 0.1) is 33.6 Å². The Morgan fingerprint density at radius 2 is 0.571 bits per heavy atom. The van der Waals surface area contributed by atoms with Crippen LogP contribution in [0.3, 0.4) is 0 Å². The highest BCUT2D eigenvalue weighted by atomic mass is 32.1. The zero-order chi connectivity index (χ0) is 46.0. The average molecular weight is 927 g/mol. The van der Waals surface area contributed by atoms with Crippen molar-refractivity contribution in [2.75, 3.05) is 9.80 Å². The number of rotatable bonds is 4. The molecule has 2 spiro atoms. The van der Waals surface area contributed by atoms with E-state index in [0.29, 0.717) is 0 Å². The zero-order valence-corrected chi connectivity index (χ0v) is 39.6. The molecular formula is C66H42N2S2. The van der Waals surface area contributed by atoms with Gasteiger partial charge >= 0.3 is 0 Å². The first-order valence-corrected chi connectivity index (χ1v) is 25.7. The fourth-order valence-corrected chi connectivity index (χ4v) is 15.3. The van der Waals surface area contributed by atoms with Gasteiger partial charge in [0.15, 0.2) is 0 Å². The van der Waals surface area contributed by atoms with Gasteiger partial charge in [-0.05, 0) is 139 Å². The molecule has 2 aromatic heterocycles. The number of benzene rings is 10. The van der Waals surface area contributed by atoms with E-state index in [4.69, 9.17) is 0 Å². The van der Waals surface area contributed by atoms with Crippen LogP contribution in [0.15, 0.2) is 255 Å². The molecule has 4 heteroatoms. The van der Waals surface area contributed by atoms with E-state index in [1.54, 1.807) is 0 Å². The molecule has 0 saturated heterocycles. The molecular weight excluding hydrogens is 885 g/mol. The van der Waals surface area contributed by atoms with Crippen molar-refractivity contribution < 1.29 is 0 Å². The van der Waals surface area contributed by atoms with Crippen molar-refractivity contribution in [3.05, 3.63) is 298 Å². The quantitative estimate of drug-likeness (QED) is 0.174. The summed E-state index contributed by atoms with van der Waals surface area (Å²) in [7, 11) is 0. The van der Waals surface area contributed by atoms with E-state index in [1.165, 1.54) is 108 Å². The normalized spacial score (nSPS) is 14.5. The highest BCUT2D eigenvalue weighted by Gasteiger charge is 2.61. The molecule has 4 heterocycles. The van der Waals surface area contributed by atoms with Gasteiger partial charge in [-0.25, -0.2) is 0 Å². The van der Waals surface area contributed by atoms with Gasteiger partial charge in [-0.15, -0.1) is 22.7 Å². The fourth-order valence-electron chi connectivity index (χ4n) is 12.4. The standard InChI is InChI=1S/C66H42N2S2/c1-3-23-49(24-4-1)67-57-31-15-11-27-51(57)65(52-28-12-16-32-58(52)67)55-41-61(47-37-35-43-19-7-9-21-45(43)39-47)70-64(55)66(56-42-62(69-63(56)65)48-38-36-44-20-8-10-22-46(44)40-48)53-29-13-17-33-59(53)68(50-25-5-2-6-26-50)60-34-18-14-30-54(60)66/h1-42H. The third-order valence-electron chi connectivity index (χ3n) is 15.2. The topological polar surface area (TPSA) is 6.48 Å². The van der Waals surface area contributed by atoms with Crippen LogP contribution in [0.25, 0.3) is 42.4 Å². The molecule has 12 aromatic rings. The Labute approximate surface area is 415 Å². The maximum absolute atomic E-state index is 2.60. The number of hydrogen-bond acceptors (Lipinski definition) is 4. The van der Waals surface area contributed by atoms with Crippen molar-refractivity contribution in [1.29, 1.82) is 0 Å². The molecule has 1 aliphatic carbocycles. The Bertz CT molecular complexity index is 3640. The Morgan fingerprint density at radius 3 is 0.943 bits per heavy atom. The van der Waals surface area contributed by atoms with Gasteiger partial charge in [-0.2, -0.15) is 0 Å². The second-order valence-electron chi connectivity index (χ2n) is 18.7. The van der Waals surface area contributed by atoms with Crippen LogP contribution in [0.5, 0.6) is 0 Å². The summed E-state index contributed by atoms with van der Waals surface area (Å²) in [5.74, 6) is 0. The smallest absolute Gasteiger partial charge is 0.0850 e. The lowest BCUT2D eigenvalue weighted by atomic mass is 9.53. The van der Waals surface area contributed by atoms with Crippen LogP contribution < -0.4 is 9.80 Å². The van der Waals surface area contributed by atoms with Gasteiger partial charge < -0.3 is 9.80 Å². The molecule has 0 radical (unpaired) electrons. The van der Waals surface area contributed by atoms with Crippen molar-refractivity contribution in [2.24, 2.45) is 0 Å². The number of thiophene rings is 2. The maximum atomic E-state index is 2.60. The first kappa shape index (κ1) is 39.7. The second kappa shape index (κ2) is 15.1. The van der Waals surface area contributed by atoms with Gasteiger partial charge in [0.1, 0.15) is 0 Å². The van der Waals surface area contributed by atoms with Crippen LogP contribution in [0, 0.1) is 0 Å². The Kier molecular flexibility index (Phi) is 8.57. The van der Waals surface area contributed by atoms with Crippen molar-refractivity contribution >= 4 is 78.3 Å². The van der Waals surface area contributed by atoms with E-state index in [2.05, 4.69) is 265 Å². The molecule has 15 rings (SSSR count). The summed E-state index contributed by atoms with van der Waals surface area (Å²) in [4.78, 5) is 10.2. The summed E-state index contributed by atoms with van der Waals surface area (Å²) in [6, 6.07) is 95.7. The number of para-hydroxylation sites is 6. The molecule has 0 saturated carbocycles. The summed E-state index contributed by atoms with van der Waals surface area (Å²) < 4.78 is 0. The minimum absolute atomic E-state index is 0.694. The van der Waals surface area contributed by atoms with Crippen LogP contribution in [0.1, 0.15) is 43.1 Å². The number of fused-ring (bicyclic) bond motifs is 16. The van der Waals surface area contributed by atoms with Gasteiger partial charge in [0.25, 0.3) is 0 Å². The van der Waals surface area contributed by atoms with Crippen LogP contribution in [-0.4, -0.2) is 0 Å². The van der Waals surface area contributed by atoms with E-state index >= 15 is 0 Å². The molecule has 3 aliphatic rings. The lowest BCUT2D eigenvalue weighted by Crippen LogP contribution is -2.47. The Balaban J connectivity index is 1.13. The SMILES string of the molecule is c1ccc(N2c3ccccc3C3(c4ccccc42)c2cc(-c4ccc5ccccc5c4)sc2C2(c4ccccc4N(c4ccccc4)c4ccccc42)c2cc(-c4ccc5ccccc5c4)sc23)cc1. The van der Waals surface area contributed by atoms with Gasteiger partial charge in [0, 0.05) is 30.9 Å². The zero-order valence-electron chi connectivity index (χ0n) is 38.0. The first-order valence-electron chi connectivity index (χ1n) is 24.1. The van der Waals surface area contributed by atoms with Crippen molar-refractivity contribution in [3.63, 3.8) is 0 Å². The molecule has 0 atom stereocenters. The van der Waals surface area contributed by atoms with Crippen molar-refractivity contribution in [2.45, 2.75) is 10.8 Å². The summed E-state index contributed by atoms with van der Waals surface area (Å²) >= 11 is 3.97. The number of anilines is 6. The van der Waals surface area contributed by atoms with Gasteiger partial charge in [0.2, 0.25) is 0 Å². The summed E-state index contributed by atoms with van der Waals surface area (Å²) in [6.07, 6.45) is 0. The van der Waals surface area contributed by atoms with Crippen molar-refractivity contribution in [3.8, 4) is 20.9 Å². The number of hydrogen-bond donors (Lipinski definition) is 0. The number of nitrogens with zero attached hydrogens (tertiary/aromatic N) is 2. The van der Waals surface area contributed by atoms with E-state index in [1.807, 2.05) is 22.7 Å². The van der Waals surface area contributed by atoms with Crippen LogP contribution >= 0.6 is 22.7 Å². The van der Waals surface area contributed by atoms with E-state index in [9.17, 15) is 0 Å². The predicted molar refractivity (Wildman–Crippen MR) is 295 cm³/mol. The van der Waals surface area contributed by atoms with E-state index in [0.717, 1.165) is 11.4 Å². The molecule has 0 amide bonds. The molecule has 70 heavy (non-hydrogen) atoms. The molecule has 0 unspecified atom stereocenters. The minimum Gasteiger partial charge on any atom is -0.310 e.